The summed E-state index contributed by atoms with van der Waals surface area (Å²) >= 11 is 0. The minimum Gasteiger partial charge on any atom is -0.385 e. The molecule has 0 aliphatic rings. The number of nitrogens with one attached hydrogen (secondary N) is 3. The highest BCUT2D eigenvalue weighted by Gasteiger charge is 2.33. The fourth-order valence-corrected chi connectivity index (χ4v) is 1.85. The van der Waals surface area contributed by atoms with Gasteiger partial charge in [0.05, 0.1) is 17.2 Å². The van der Waals surface area contributed by atoms with Crippen molar-refractivity contribution in [2.45, 2.75) is 19.5 Å². The van der Waals surface area contributed by atoms with E-state index in [4.69, 9.17) is 5.26 Å². The van der Waals surface area contributed by atoms with Crippen LogP contribution >= 0.6 is 0 Å². The SMILES string of the molecule is CCCNc1ccc(C#N)c(C(F)(F)F)c1.CNNC=O.O=Cc1ccccc1. The third kappa shape index (κ3) is 11.1. The van der Waals surface area contributed by atoms with Gasteiger partial charge in [-0.15, -0.1) is 0 Å². The molecule has 0 saturated carbocycles. The topological polar surface area (TPSA) is 94.0 Å². The van der Waals surface area contributed by atoms with Gasteiger partial charge in [-0.2, -0.15) is 18.4 Å². The lowest BCUT2D eigenvalue weighted by molar-refractivity contribution is -0.137. The van der Waals surface area contributed by atoms with Crippen molar-refractivity contribution in [2.24, 2.45) is 0 Å². The second kappa shape index (κ2) is 14.6. The molecule has 2 aromatic carbocycles. The van der Waals surface area contributed by atoms with E-state index >= 15 is 0 Å². The van der Waals surface area contributed by atoms with Gasteiger partial charge in [0.2, 0.25) is 6.41 Å². The number of halogens is 3. The van der Waals surface area contributed by atoms with Crippen molar-refractivity contribution in [1.82, 2.24) is 10.9 Å². The van der Waals surface area contributed by atoms with Crippen molar-refractivity contribution >= 4 is 18.4 Å². The maximum Gasteiger partial charge on any atom is 0.417 e. The van der Waals surface area contributed by atoms with Crippen LogP contribution in [0.25, 0.3) is 0 Å². The van der Waals surface area contributed by atoms with Gasteiger partial charge in [-0.05, 0) is 24.6 Å². The highest BCUT2D eigenvalue weighted by molar-refractivity contribution is 5.74. The molecule has 0 bridgehead atoms. The molecule has 0 heterocycles. The van der Waals surface area contributed by atoms with Gasteiger partial charge in [0.15, 0.2) is 0 Å². The summed E-state index contributed by atoms with van der Waals surface area (Å²) in [7, 11) is 1.62. The second-order valence-corrected chi connectivity index (χ2v) is 5.34. The maximum absolute atomic E-state index is 12.6. The standard InChI is InChI=1S/C11H11F3N2.C7H6O.C2H6N2O/c1-2-5-16-9-4-3-8(7-15)10(6-9)11(12,13)14;8-6-7-4-2-1-3-5-7;1-3-4-2-5/h3-4,6,16H,2,5H2,1H3;1-6H;2-3H,1H3,(H,4,5). The van der Waals surface area contributed by atoms with E-state index in [1.807, 2.05) is 25.1 Å². The molecule has 6 nitrogen and oxygen atoms in total. The Labute approximate surface area is 167 Å². The van der Waals surface area contributed by atoms with Crippen LogP contribution in [0.3, 0.4) is 0 Å². The van der Waals surface area contributed by atoms with Crippen LogP contribution in [0, 0.1) is 11.3 Å². The van der Waals surface area contributed by atoms with Crippen LogP contribution in [0.2, 0.25) is 0 Å². The number of carbonyl (C=O) groups excluding carboxylic acids is 2. The van der Waals surface area contributed by atoms with Crippen LogP contribution in [0.4, 0.5) is 18.9 Å². The molecule has 2 aromatic rings. The average Bonchev–Trinajstić information content (AvgIpc) is 2.73. The molecule has 9 heteroatoms. The first-order valence-electron chi connectivity index (χ1n) is 8.55. The maximum atomic E-state index is 12.6. The van der Waals surface area contributed by atoms with E-state index < -0.39 is 11.7 Å². The first-order valence-corrected chi connectivity index (χ1v) is 8.55. The summed E-state index contributed by atoms with van der Waals surface area (Å²) in [6.07, 6.45) is -2.27. The molecule has 2 rings (SSSR count). The molecule has 0 spiro atoms. The number of aldehydes is 1. The molecule has 0 aliphatic carbocycles. The molecule has 1 amide bonds. The van der Waals surface area contributed by atoms with Gasteiger partial charge in [0.1, 0.15) is 6.29 Å². The number of nitriles is 1. The van der Waals surface area contributed by atoms with Gasteiger partial charge < -0.3 is 5.32 Å². The predicted molar refractivity (Wildman–Crippen MR) is 105 cm³/mol. The zero-order valence-corrected chi connectivity index (χ0v) is 16.1. The van der Waals surface area contributed by atoms with Gasteiger partial charge in [-0.25, -0.2) is 5.43 Å². The van der Waals surface area contributed by atoms with Crippen molar-refractivity contribution < 1.29 is 22.8 Å². The lowest BCUT2D eigenvalue weighted by atomic mass is 10.1. The summed E-state index contributed by atoms with van der Waals surface area (Å²) in [6.45, 7) is 2.52. The quantitative estimate of drug-likeness (QED) is 0.500. The van der Waals surface area contributed by atoms with E-state index in [0.717, 1.165) is 24.3 Å². The first kappa shape index (κ1) is 25.6. The zero-order valence-electron chi connectivity index (χ0n) is 16.1. The molecule has 29 heavy (non-hydrogen) atoms. The summed E-state index contributed by atoms with van der Waals surface area (Å²) in [5.74, 6) is 0. The average molecular weight is 408 g/mol. The van der Waals surface area contributed by atoms with Crippen molar-refractivity contribution in [3.63, 3.8) is 0 Å². The smallest absolute Gasteiger partial charge is 0.385 e. The summed E-state index contributed by atoms with van der Waals surface area (Å²) in [5.41, 5.74) is 4.45. The summed E-state index contributed by atoms with van der Waals surface area (Å²) < 4.78 is 37.7. The molecule has 0 aliphatic heterocycles. The minimum absolute atomic E-state index is 0.352. The molecule has 0 aromatic heterocycles. The van der Waals surface area contributed by atoms with E-state index in [1.165, 1.54) is 18.2 Å². The minimum atomic E-state index is -4.49. The van der Waals surface area contributed by atoms with Gasteiger partial charge in [-0.1, -0.05) is 37.3 Å². The molecular weight excluding hydrogens is 385 g/mol. The normalized spacial score (nSPS) is 9.52. The largest absolute Gasteiger partial charge is 0.417 e. The zero-order chi connectivity index (χ0) is 22.1. The van der Waals surface area contributed by atoms with Gasteiger partial charge >= 0.3 is 6.18 Å². The highest BCUT2D eigenvalue weighted by atomic mass is 19.4. The molecule has 0 radical (unpaired) electrons. The number of alkyl halides is 3. The van der Waals surface area contributed by atoms with Gasteiger partial charge in [0, 0.05) is 24.8 Å². The number of benzene rings is 2. The Bertz CT molecular complexity index is 776. The van der Waals surface area contributed by atoms with Crippen molar-refractivity contribution in [3.05, 3.63) is 65.2 Å². The Hall–Kier alpha value is -3.38. The molecule has 0 saturated heterocycles. The van der Waals surface area contributed by atoms with Crippen molar-refractivity contribution in [2.75, 3.05) is 18.9 Å². The number of amides is 1. The van der Waals surface area contributed by atoms with Crippen molar-refractivity contribution in [1.29, 1.82) is 5.26 Å². The van der Waals surface area contributed by atoms with Crippen LogP contribution in [0.15, 0.2) is 48.5 Å². The number of carbonyl (C=O) groups is 2. The van der Waals surface area contributed by atoms with Gasteiger partial charge in [-0.3, -0.25) is 15.0 Å². The Kier molecular flexibility index (Phi) is 12.9. The van der Waals surface area contributed by atoms with Crippen LogP contribution in [0.5, 0.6) is 0 Å². The van der Waals surface area contributed by atoms with Crippen LogP contribution < -0.4 is 16.2 Å². The molecule has 0 atom stereocenters. The molecular formula is C20H23F3N4O2. The Morgan fingerprint density at radius 3 is 2.14 bits per heavy atom. The summed E-state index contributed by atoms with van der Waals surface area (Å²) in [4.78, 5) is 19.2. The summed E-state index contributed by atoms with van der Waals surface area (Å²) in [5, 5.41) is 11.4. The summed E-state index contributed by atoms with van der Waals surface area (Å²) in [6, 6.07) is 14.3. The van der Waals surface area contributed by atoms with E-state index in [9.17, 15) is 22.8 Å². The molecule has 156 valence electrons. The van der Waals surface area contributed by atoms with Crippen LogP contribution in [0.1, 0.15) is 34.8 Å². The molecule has 3 N–H and O–H groups in total. The number of hydrazine groups is 1. The van der Waals surface area contributed by atoms with Crippen molar-refractivity contribution in [3.8, 4) is 6.07 Å². The number of rotatable bonds is 6. The van der Waals surface area contributed by atoms with E-state index in [1.54, 1.807) is 19.2 Å². The first-order chi connectivity index (χ1) is 13.8. The predicted octanol–water partition coefficient (Wildman–Crippen LogP) is 3.76. The third-order valence-electron chi connectivity index (χ3n) is 3.16. The van der Waals surface area contributed by atoms with E-state index in [2.05, 4.69) is 16.2 Å². The fourth-order valence-electron chi connectivity index (χ4n) is 1.85. The Balaban J connectivity index is 0.000000498. The lowest BCUT2D eigenvalue weighted by Crippen LogP contribution is -2.24. The van der Waals surface area contributed by atoms with Crippen LogP contribution in [-0.4, -0.2) is 26.3 Å². The van der Waals surface area contributed by atoms with Gasteiger partial charge in [0.25, 0.3) is 0 Å². The number of nitrogens with zero attached hydrogens (tertiary/aromatic N) is 1. The van der Waals surface area contributed by atoms with E-state index in [-0.39, 0.29) is 5.56 Å². The monoisotopic (exact) mass is 408 g/mol. The highest BCUT2D eigenvalue weighted by Crippen LogP contribution is 2.33. The number of hydrogen-bond donors (Lipinski definition) is 3. The Morgan fingerprint density at radius 2 is 1.76 bits per heavy atom. The van der Waals surface area contributed by atoms with E-state index in [0.29, 0.717) is 18.6 Å². The lowest BCUT2D eigenvalue weighted by Gasteiger charge is -2.11. The second-order valence-electron chi connectivity index (χ2n) is 5.34. The Morgan fingerprint density at radius 1 is 1.10 bits per heavy atom. The third-order valence-corrected chi connectivity index (χ3v) is 3.16. The van der Waals surface area contributed by atoms with Crippen LogP contribution in [-0.2, 0) is 11.0 Å². The fraction of sp³-hybridized carbons (Fsp3) is 0.250. The molecule has 0 fully saturated rings. The number of hydrogen-bond acceptors (Lipinski definition) is 5. The molecule has 0 unspecified atom stereocenters. The number of anilines is 1.